The first kappa shape index (κ1) is 12.8. The van der Waals surface area contributed by atoms with Crippen molar-refractivity contribution in [3.05, 3.63) is 0 Å². The van der Waals surface area contributed by atoms with Gasteiger partial charge < -0.3 is 9.47 Å². The fraction of sp³-hybridized carbons (Fsp3) is 0.833. The first-order valence-electron chi connectivity index (χ1n) is 5.97. The second kappa shape index (κ2) is 2.83. The molecule has 6 atom stereocenters. The average Bonchev–Trinajstić information content (AvgIpc) is 2.85. The van der Waals surface area contributed by atoms with Crippen molar-refractivity contribution in [2.45, 2.75) is 24.1 Å². The van der Waals surface area contributed by atoms with Crippen LogP contribution in [0.15, 0.2) is 0 Å². The van der Waals surface area contributed by atoms with Crippen LogP contribution >= 0.6 is 0 Å². The van der Waals surface area contributed by atoms with Crippen LogP contribution in [0.5, 0.6) is 0 Å². The normalized spacial score (nSPS) is 54.0. The summed E-state index contributed by atoms with van der Waals surface area (Å²) in [4.78, 5) is 0. The van der Waals surface area contributed by atoms with Crippen LogP contribution in [0.2, 0.25) is 0 Å². The molecule has 110 valence electrons. The SMILES string of the molecule is C#CCOCC12OC3C4C1C2(C(F)(F)F)C34C(F)(F)F. The molecule has 0 spiro atoms. The summed E-state index contributed by atoms with van der Waals surface area (Å²) < 4.78 is 89.5. The third kappa shape index (κ3) is 0.802. The Bertz CT molecular complexity index is 542. The largest absolute Gasteiger partial charge is 0.398 e. The van der Waals surface area contributed by atoms with Gasteiger partial charge in [-0.2, -0.15) is 26.3 Å². The van der Waals surface area contributed by atoms with E-state index in [0.29, 0.717) is 0 Å². The number of hydrogen-bond donors (Lipinski definition) is 0. The van der Waals surface area contributed by atoms with E-state index in [1.807, 2.05) is 0 Å². The minimum Gasteiger partial charge on any atom is -0.367 e. The predicted octanol–water partition coefficient (Wildman–Crippen LogP) is 2.14. The van der Waals surface area contributed by atoms with E-state index in [9.17, 15) is 26.3 Å². The maximum absolute atomic E-state index is 13.3. The van der Waals surface area contributed by atoms with E-state index in [0.717, 1.165) is 0 Å². The predicted molar refractivity (Wildman–Crippen MR) is 51.2 cm³/mol. The number of hydrogen-bond acceptors (Lipinski definition) is 2. The molecule has 2 heterocycles. The Morgan fingerprint density at radius 2 is 1.80 bits per heavy atom. The van der Waals surface area contributed by atoms with Crippen LogP contribution < -0.4 is 0 Å². The van der Waals surface area contributed by atoms with Crippen LogP contribution in [-0.2, 0) is 9.47 Å². The molecule has 0 aromatic carbocycles. The summed E-state index contributed by atoms with van der Waals surface area (Å²) in [7, 11) is 0. The van der Waals surface area contributed by atoms with Crippen LogP contribution in [0.1, 0.15) is 0 Å². The molecular weight excluding hydrogens is 290 g/mol. The van der Waals surface area contributed by atoms with Crippen LogP contribution in [0.4, 0.5) is 26.3 Å². The van der Waals surface area contributed by atoms with E-state index >= 15 is 0 Å². The lowest BCUT2D eigenvalue weighted by Gasteiger charge is -2.37. The lowest BCUT2D eigenvalue weighted by molar-refractivity contribution is -0.308. The van der Waals surface area contributed by atoms with Crippen molar-refractivity contribution in [3.8, 4) is 12.3 Å². The summed E-state index contributed by atoms with van der Waals surface area (Å²) in [6.07, 6.45) is -6.34. The Labute approximate surface area is 109 Å². The first-order valence-corrected chi connectivity index (χ1v) is 5.97. The third-order valence-corrected chi connectivity index (χ3v) is 5.51. The molecule has 2 bridgehead atoms. The Kier molecular flexibility index (Phi) is 1.81. The van der Waals surface area contributed by atoms with Gasteiger partial charge in [-0.3, -0.25) is 0 Å². The van der Waals surface area contributed by atoms with Gasteiger partial charge in [-0.05, 0) is 0 Å². The molecule has 0 N–H and O–H groups in total. The molecule has 0 aromatic rings. The van der Waals surface area contributed by atoms with E-state index in [2.05, 4.69) is 5.92 Å². The van der Waals surface area contributed by atoms with E-state index in [-0.39, 0.29) is 6.61 Å². The number of rotatable bonds is 3. The quantitative estimate of drug-likeness (QED) is 0.451. The summed E-state index contributed by atoms with van der Waals surface area (Å²) >= 11 is 0. The molecule has 0 aromatic heterocycles. The molecule has 3 saturated carbocycles. The molecular formula is C12H8F6O2. The summed E-state index contributed by atoms with van der Waals surface area (Å²) in [5.74, 6) is -0.138. The van der Waals surface area contributed by atoms with Crippen molar-refractivity contribution in [3.63, 3.8) is 0 Å². The summed E-state index contributed by atoms with van der Waals surface area (Å²) in [5, 5.41) is 0. The molecule has 0 amide bonds. The number of halogens is 6. The molecule has 5 fully saturated rings. The van der Waals surface area contributed by atoms with Gasteiger partial charge in [0.15, 0.2) is 0 Å². The molecule has 5 rings (SSSR count). The van der Waals surface area contributed by atoms with Crippen molar-refractivity contribution < 1.29 is 35.8 Å². The molecule has 2 aliphatic heterocycles. The van der Waals surface area contributed by atoms with Gasteiger partial charge in [0.2, 0.25) is 0 Å². The van der Waals surface area contributed by atoms with Crippen molar-refractivity contribution >= 4 is 0 Å². The minimum absolute atomic E-state index is 0.250. The average molecular weight is 298 g/mol. The maximum Gasteiger partial charge on any atom is 0.398 e. The highest BCUT2D eigenvalue weighted by atomic mass is 19.4. The van der Waals surface area contributed by atoms with Crippen molar-refractivity contribution in [1.29, 1.82) is 0 Å². The number of ether oxygens (including phenoxy) is 2. The van der Waals surface area contributed by atoms with Crippen molar-refractivity contribution in [2.75, 3.05) is 13.2 Å². The highest BCUT2D eigenvalue weighted by Gasteiger charge is 3.22. The van der Waals surface area contributed by atoms with Gasteiger partial charge >= 0.3 is 12.4 Å². The minimum atomic E-state index is -4.96. The van der Waals surface area contributed by atoms with Gasteiger partial charge in [0.05, 0.1) is 12.7 Å². The second-order valence-corrected chi connectivity index (χ2v) is 5.80. The van der Waals surface area contributed by atoms with Gasteiger partial charge in [-0.1, -0.05) is 5.92 Å². The van der Waals surface area contributed by atoms with Crippen LogP contribution in [0.3, 0.4) is 0 Å². The summed E-state index contributed by atoms with van der Waals surface area (Å²) in [5.41, 5.74) is -7.45. The molecule has 0 radical (unpaired) electrons. The second-order valence-electron chi connectivity index (χ2n) is 5.80. The standard InChI is InChI=1S/C12H8F6O2/c1-2-3-19-4-8-6-5-7(20-8)9(5,11(13,14)15)10(6,8)12(16,17)18/h1,5-7H,3-4H2. The van der Waals surface area contributed by atoms with Gasteiger partial charge in [0, 0.05) is 11.8 Å². The molecule has 20 heavy (non-hydrogen) atoms. The van der Waals surface area contributed by atoms with E-state index in [4.69, 9.17) is 15.9 Å². The van der Waals surface area contributed by atoms with E-state index in [1.165, 1.54) is 0 Å². The number of alkyl halides is 6. The number of terminal acetylenes is 1. The van der Waals surface area contributed by atoms with Gasteiger partial charge in [0.25, 0.3) is 0 Å². The smallest absolute Gasteiger partial charge is 0.367 e. The summed E-state index contributed by atoms with van der Waals surface area (Å²) in [6, 6.07) is 0. The zero-order valence-electron chi connectivity index (χ0n) is 9.81. The van der Waals surface area contributed by atoms with Crippen molar-refractivity contribution in [2.24, 2.45) is 22.7 Å². The molecule has 2 nitrogen and oxygen atoms in total. The Hall–Kier alpha value is -0.940. The Morgan fingerprint density at radius 1 is 1.15 bits per heavy atom. The third-order valence-electron chi connectivity index (χ3n) is 5.51. The van der Waals surface area contributed by atoms with Crippen LogP contribution in [-0.4, -0.2) is 37.3 Å². The van der Waals surface area contributed by atoms with Crippen LogP contribution in [0, 0.1) is 35.0 Å². The molecule has 6 unspecified atom stereocenters. The molecule has 5 aliphatic rings. The monoisotopic (exact) mass is 298 g/mol. The highest BCUT2D eigenvalue weighted by molar-refractivity contribution is 5.59. The lowest BCUT2D eigenvalue weighted by atomic mass is 9.70. The fourth-order valence-electron chi connectivity index (χ4n) is 5.20. The molecule has 2 saturated heterocycles. The van der Waals surface area contributed by atoms with Crippen LogP contribution in [0.25, 0.3) is 0 Å². The van der Waals surface area contributed by atoms with Crippen molar-refractivity contribution in [1.82, 2.24) is 0 Å². The van der Waals surface area contributed by atoms with Gasteiger partial charge in [0.1, 0.15) is 23.0 Å². The molecule has 3 aliphatic carbocycles. The molecule has 8 heteroatoms. The zero-order chi connectivity index (χ0) is 14.8. The van der Waals surface area contributed by atoms with Gasteiger partial charge in [-0.25, -0.2) is 0 Å². The fourth-order valence-corrected chi connectivity index (χ4v) is 5.20. The van der Waals surface area contributed by atoms with E-state index in [1.54, 1.807) is 0 Å². The lowest BCUT2D eigenvalue weighted by Crippen LogP contribution is -2.52. The van der Waals surface area contributed by atoms with E-state index < -0.39 is 53.3 Å². The highest BCUT2D eigenvalue weighted by Crippen LogP contribution is 3.08. The first-order chi connectivity index (χ1) is 9.14. The summed E-state index contributed by atoms with van der Waals surface area (Å²) in [6.45, 7) is -0.785. The van der Waals surface area contributed by atoms with Gasteiger partial charge in [-0.15, -0.1) is 6.42 Å². The zero-order valence-corrected chi connectivity index (χ0v) is 9.81. The topological polar surface area (TPSA) is 18.5 Å². The Balaban J connectivity index is 1.74. The Morgan fingerprint density at radius 3 is 2.25 bits per heavy atom. The maximum atomic E-state index is 13.3.